The Kier molecular flexibility index (Phi) is 4.32. The second-order valence-corrected chi connectivity index (χ2v) is 6.31. The van der Waals surface area contributed by atoms with Gasteiger partial charge in [-0.25, -0.2) is 0 Å². The molecule has 2 rings (SSSR count). The number of anilines is 1. The zero-order chi connectivity index (χ0) is 15.5. The molecule has 0 aromatic heterocycles. The Hall–Kier alpha value is -2.29. The van der Waals surface area contributed by atoms with Crippen molar-refractivity contribution < 1.29 is 4.79 Å². The first-order chi connectivity index (χ1) is 9.88. The second kappa shape index (κ2) is 6.00. The van der Waals surface area contributed by atoms with Crippen LogP contribution in [-0.4, -0.2) is 5.91 Å². The highest BCUT2D eigenvalue weighted by Gasteiger charge is 2.27. The molecule has 3 heteroatoms. The number of hydrogen-bond acceptors (Lipinski definition) is 2. The summed E-state index contributed by atoms with van der Waals surface area (Å²) in [4.78, 5) is 12.4. The predicted molar refractivity (Wildman–Crippen MR) is 87.0 cm³/mol. The van der Waals surface area contributed by atoms with Crippen molar-refractivity contribution in [1.82, 2.24) is 5.32 Å². The van der Waals surface area contributed by atoms with E-state index in [1.54, 1.807) is 24.3 Å². The lowest BCUT2D eigenvalue weighted by molar-refractivity contribution is 0.0902. The molecule has 0 spiro atoms. The molecule has 1 atom stereocenters. The Balaban J connectivity index is 2.24. The third kappa shape index (κ3) is 3.85. The Labute approximate surface area is 126 Å². The highest BCUT2D eigenvalue weighted by molar-refractivity contribution is 5.94. The first-order valence-corrected chi connectivity index (χ1v) is 7.09. The molecule has 110 valence electrons. The number of nitrogen functional groups attached to an aromatic ring is 1. The fraction of sp³-hybridized carbons (Fsp3) is 0.278. The third-order valence-electron chi connectivity index (χ3n) is 3.45. The van der Waals surface area contributed by atoms with Crippen LogP contribution in [0.15, 0.2) is 54.6 Å². The van der Waals surface area contributed by atoms with Crippen LogP contribution in [0.4, 0.5) is 5.69 Å². The van der Waals surface area contributed by atoms with Crippen molar-refractivity contribution in [3.8, 4) is 0 Å². The first-order valence-electron chi connectivity index (χ1n) is 7.09. The second-order valence-electron chi connectivity index (χ2n) is 6.31. The maximum atomic E-state index is 12.4. The Morgan fingerprint density at radius 3 is 2.10 bits per heavy atom. The summed E-state index contributed by atoms with van der Waals surface area (Å²) in [6.07, 6.45) is 0. The van der Waals surface area contributed by atoms with Crippen LogP contribution in [-0.2, 0) is 0 Å². The van der Waals surface area contributed by atoms with E-state index in [0.717, 1.165) is 5.56 Å². The van der Waals surface area contributed by atoms with Gasteiger partial charge in [-0.05, 0) is 35.2 Å². The first kappa shape index (κ1) is 15.1. The minimum Gasteiger partial charge on any atom is -0.399 e. The molecule has 3 N–H and O–H groups in total. The van der Waals surface area contributed by atoms with E-state index in [-0.39, 0.29) is 17.4 Å². The number of carbonyl (C=O) groups is 1. The molecule has 0 aliphatic heterocycles. The Morgan fingerprint density at radius 1 is 1.00 bits per heavy atom. The molecule has 0 heterocycles. The van der Waals surface area contributed by atoms with E-state index >= 15 is 0 Å². The number of carbonyl (C=O) groups excluding carboxylic acids is 1. The molecule has 3 nitrogen and oxygen atoms in total. The van der Waals surface area contributed by atoms with Gasteiger partial charge in [-0.3, -0.25) is 4.79 Å². The number of amides is 1. The van der Waals surface area contributed by atoms with Crippen LogP contribution in [0.2, 0.25) is 0 Å². The zero-order valence-electron chi connectivity index (χ0n) is 12.8. The molecular formula is C18H22N2O. The highest BCUT2D eigenvalue weighted by Crippen LogP contribution is 2.32. The van der Waals surface area contributed by atoms with Crippen LogP contribution < -0.4 is 11.1 Å². The fourth-order valence-electron chi connectivity index (χ4n) is 2.29. The predicted octanol–water partition coefficient (Wildman–Crippen LogP) is 3.79. The molecule has 0 radical (unpaired) electrons. The van der Waals surface area contributed by atoms with Gasteiger partial charge in [-0.1, -0.05) is 51.1 Å². The van der Waals surface area contributed by atoms with Crippen LogP contribution in [0, 0.1) is 5.41 Å². The van der Waals surface area contributed by atoms with Crippen LogP contribution in [0.1, 0.15) is 42.7 Å². The van der Waals surface area contributed by atoms with Gasteiger partial charge in [0.15, 0.2) is 0 Å². The number of benzene rings is 2. The summed E-state index contributed by atoms with van der Waals surface area (Å²) in [6.45, 7) is 6.36. The van der Waals surface area contributed by atoms with Gasteiger partial charge < -0.3 is 11.1 Å². The van der Waals surface area contributed by atoms with Gasteiger partial charge in [0.25, 0.3) is 5.91 Å². The minimum atomic E-state index is -0.0845. The molecule has 0 bridgehead atoms. The summed E-state index contributed by atoms with van der Waals surface area (Å²) in [5.41, 5.74) is 7.96. The number of rotatable bonds is 3. The molecule has 21 heavy (non-hydrogen) atoms. The van der Waals surface area contributed by atoms with Crippen molar-refractivity contribution in [1.29, 1.82) is 0 Å². The smallest absolute Gasteiger partial charge is 0.251 e. The van der Waals surface area contributed by atoms with E-state index < -0.39 is 0 Å². The lowest BCUT2D eigenvalue weighted by Crippen LogP contribution is -2.36. The molecule has 0 saturated carbocycles. The van der Waals surface area contributed by atoms with E-state index in [4.69, 9.17) is 5.73 Å². The average Bonchev–Trinajstić information content (AvgIpc) is 2.45. The van der Waals surface area contributed by atoms with Crippen LogP contribution >= 0.6 is 0 Å². The summed E-state index contributed by atoms with van der Waals surface area (Å²) in [5, 5.41) is 3.13. The lowest BCUT2D eigenvalue weighted by Gasteiger charge is -2.32. The van der Waals surface area contributed by atoms with Crippen LogP contribution in [0.25, 0.3) is 0 Å². The Bertz CT molecular complexity index is 597. The topological polar surface area (TPSA) is 55.1 Å². The van der Waals surface area contributed by atoms with Gasteiger partial charge in [-0.2, -0.15) is 0 Å². The summed E-state index contributed by atoms with van der Waals surface area (Å²) in [7, 11) is 0. The van der Waals surface area contributed by atoms with Gasteiger partial charge in [0, 0.05) is 11.3 Å². The van der Waals surface area contributed by atoms with Crippen molar-refractivity contribution in [2.75, 3.05) is 5.73 Å². The highest BCUT2D eigenvalue weighted by atomic mass is 16.1. The summed E-state index contributed by atoms with van der Waals surface area (Å²) in [5.74, 6) is -0.0845. The number of hydrogen-bond donors (Lipinski definition) is 2. The zero-order valence-corrected chi connectivity index (χ0v) is 12.8. The van der Waals surface area contributed by atoms with Crippen molar-refractivity contribution in [2.24, 2.45) is 5.41 Å². The fourth-order valence-corrected chi connectivity index (χ4v) is 2.29. The molecule has 0 aliphatic rings. The lowest BCUT2D eigenvalue weighted by atomic mass is 9.82. The van der Waals surface area contributed by atoms with Crippen molar-refractivity contribution in [3.05, 3.63) is 65.7 Å². The third-order valence-corrected chi connectivity index (χ3v) is 3.45. The van der Waals surface area contributed by atoms with Crippen molar-refractivity contribution in [2.45, 2.75) is 26.8 Å². The molecule has 0 saturated heterocycles. The van der Waals surface area contributed by atoms with Gasteiger partial charge in [0.05, 0.1) is 6.04 Å². The van der Waals surface area contributed by atoms with Gasteiger partial charge in [0.2, 0.25) is 0 Å². The van der Waals surface area contributed by atoms with Crippen molar-refractivity contribution >= 4 is 11.6 Å². The SMILES string of the molecule is CC(C)(C)C(NC(=O)c1ccc(N)cc1)c1ccccc1. The minimum absolute atomic E-state index is 0.0521. The summed E-state index contributed by atoms with van der Waals surface area (Å²) >= 11 is 0. The number of nitrogens with one attached hydrogen (secondary N) is 1. The van der Waals surface area contributed by atoms with Crippen molar-refractivity contribution in [3.63, 3.8) is 0 Å². The van der Waals surface area contributed by atoms with E-state index in [9.17, 15) is 4.79 Å². The maximum absolute atomic E-state index is 12.4. The van der Waals surface area contributed by atoms with E-state index in [2.05, 4.69) is 26.1 Å². The van der Waals surface area contributed by atoms with Gasteiger partial charge in [0.1, 0.15) is 0 Å². The van der Waals surface area contributed by atoms with E-state index in [1.807, 2.05) is 30.3 Å². The van der Waals surface area contributed by atoms with E-state index in [0.29, 0.717) is 11.3 Å². The normalized spacial score (nSPS) is 12.7. The molecule has 2 aromatic carbocycles. The summed E-state index contributed by atoms with van der Waals surface area (Å²) < 4.78 is 0. The van der Waals surface area contributed by atoms with Gasteiger partial charge in [-0.15, -0.1) is 0 Å². The van der Waals surface area contributed by atoms with E-state index in [1.165, 1.54) is 0 Å². The van der Waals surface area contributed by atoms with Crippen LogP contribution in [0.3, 0.4) is 0 Å². The largest absolute Gasteiger partial charge is 0.399 e. The molecule has 0 aliphatic carbocycles. The van der Waals surface area contributed by atoms with Crippen LogP contribution in [0.5, 0.6) is 0 Å². The molecule has 1 amide bonds. The summed E-state index contributed by atoms with van der Waals surface area (Å²) in [6, 6.07) is 17.0. The standard InChI is InChI=1S/C18H22N2O/c1-18(2,3)16(13-7-5-4-6-8-13)20-17(21)14-9-11-15(19)12-10-14/h4-12,16H,19H2,1-3H3,(H,20,21). The monoisotopic (exact) mass is 282 g/mol. The van der Waals surface area contributed by atoms with Gasteiger partial charge >= 0.3 is 0 Å². The Morgan fingerprint density at radius 2 is 1.57 bits per heavy atom. The molecule has 2 aromatic rings. The molecular weight excluding hydrogens is 260 g/mol. The quantitative estimate of drug-likeness (QED) is 0.842. The maximum Gasteiger partial charge on any atom is 0.251 e. The average molecular weight is 282 g/mol. The molecule has 0 fully saturated rings. The molecule has 1 unspecified atom stereocenters. The number of nitrogens with two attached hydrogens (primary N) is 1.